The van der Waals surface area contributed by atoms with Gasteiger partial charge in [0.25, 0.3) is 0 Å². The molecule has 18 heavy (non-hydrogen) atoms. The van der Waals surface area contributed by atoms with E-state index in [0.29, 0.717) is 23.5 Å². The quantitative estimate of drug-likeness (QED) is 0.772. The lowest BCUT2D eigenvalue weighted by molar-refractivity contribution is -0.137. The van der Waals surface area contributed by atoms with Gasteiger partial charge in [-0.2, -0.15) is 0 Å². The lowest BCUT2D eigenvalue weighted by Crippen LogP contribution is -2.10. The minimum atomic E-state index is -1.01. The van der Waals surface area contributed by atoms with Gasteiger partial charge in [-0.05, 0) is 18.1 Å². The van der Waals surface area contributed by atoms with Crippen LogP contribution < -0.4 is 4.74 Å². The molecular formula is C13H16O5. The molecule has 0 unspecified atom stereocenters. The van der Waals surface area contributed by atoms with Crippen molar-refractivity contribution in [2.24, 2.45) is 0 Å². The predicted molar refractivity (Wildman–Crippen MR) is 64.9 cm³/mol. The Hall–Kier alpha value is -2.04. The van der Waals surface area contributed by atoms with E-state index in [1.165, 1.54) is 0 Å². The maximum Gasteiger partial charge on any atom is 0.307 e. The van der Waals surface area contributed by atoms with Crippen LogP contribution in [0.2, 0.25) is 0 Å². The molecule has 5 heteroatoms. The van der Waals surface area contributed by atoms with Crippen molar-refractivity contribution in [1.29, 1.82) is 0 Å². The van der Waals surface area contributed by atoms with E-state index in [2.05, 4.69) is 0 Å². The molecule has 2 N–H and O–H groups in total. The van der Waals surface area contributed by atoms with Crippen LogP contribution in [0, 0.1) is 0 Å². The molecule has 1 rings (SSSR count). The van der Waals surface area contributed by atoms with Crippen LogP contribution in [0.15, 0.2) is 18.2 Å². The van der Waals surface area contributed by atoms with E-state index >= 15 is 0 Å². The summed E-state index contributed by atoms with van der Waals surface area (Å²) in [6.45, 7) is 2.42. The van der Waals surface area contributed by atoms with Crippen LogP contribution in [0.5, 0.6) is 5.75 Å². The van der Waals surface area contributed by atoms with Gasteiger partial charge in [0.1, 0.15) is 5.75 Å². The number of aliphatic carboxylic acids is 2. The van der Waals surface area contributed by atoms with Crippen molar-refractivity contribution in [1.82, 2.24) is 0 Å². The van der Waals surface area contributed by atoms with Crippen molar-refractivity contribution in [2.45, 2.75) is 26.2 Å². The van der Waals surface area contributed by atoms with Gasteiger partial charge >= 0.3 is 11.9 Å². The van der Waals surface area contributed by atoms with Crippen molar-refractivity contribution in [2.75, 3.05) is 6.61 Å². The number of hydrogen-bond donors (Lipinski definition) is 2. The normalized spacial score (nSPS) is 10.1. The first kappa shape index (κ1) is 14.0. The summed E-state index contributed by atoms with van der Waals surface area (Å²) in [5.41, 5.74) is 0.930. The molecular weight excluding hydrogens is 236 g/mol. The fourth-order valence-corrected chi connectivity index (χ4v) is 1.64. The van der Waals surface area contributed by atoms with E-state index in [9.17, 15) is 9.59 Å². The molecule has 1 aromatic rings. The number of carboxylic acid groups (broad SMARTS) is 2. The first-order chi connectivity index (χ1) is 8.54. The molecule has 0 aromatic heterocycles. The lowest BCUT2D eigenvalue weighted by atomic mass is 10.0. The summed E-state index contributed by atoms with van der Waals surface area (Å²) in [7, 11) is 0. The highest BCUT2D eigenvalue weighted by Gasteiger charge is 2.15. The molecule has 0 atom stereocenters. The summed E-state index contributed by atoms with van der Waals surface area (Å²) in [4.78, 5) is 21.6. The topological polar surface area (TPSA) is 83.8 Å². The van der Waals surface area contributed by atoms with Crippen molar-refractivity contribution in [3.63, 3.8) is 0 Å². The summed E-state index contributed by atoms with van der Waals surface area (Å²) in [6, 6.07) is 4.96. The number of hydrogen-bond acceptors (Lipinski definition) is 3. The fourth-order valence-electron chi connectivity index (χ4n) is 1.64. The molecule has 0 spiro atoms. The summed E-state index contributed by atoms with van der Waals surface area (Å²) in [6.07, 6.45) is 0.365. The van der Waals surface area contributed by atoms with E-state index < -0.39 is 11.9 Å². The van der Waals surface area contributed by atoms with Gasteiger partial charge in [0.2, 0.25) is 0 Å². The van der Waals surface area contributed by atoms with Crippen LogP contribution in [0.25, 0.3) is 0 Å². The molecule has 5 nitrogen and oxygen atoms in total. The van der Waals surface area contributed by atoms with Crippen LogP contribution in [0.3, 0.4) is 0 Å². The van der Waals surface area contributed by atoms with E-state index in [0.717, 1.165) is 6.42 Å². The number of ether oxygens (including phenoxy) is 1. The third-order valence-corrected chi connectivity index (χ3v) is 2.36. The summed E-state index contributed by atoms with van der Waals surface area (Å²) in [5, 5.41) is 17.7. The Kier molecular flexibility index (Phi) is 5.17. The molecule has 0 bridgehead atoms. The van der Waals surface area contributed by atoms with Crippen LogP contribution >= 0.6 is 0 Å². The maximum atomic E-state index is 10.8. The van der Waals surface area contributed by atoms with Gasteiger partial charge in [0, 0.05) is 5.56 Å². The molecule has 0 aliphatic rings. The zero-order chi connectivity index (χ0) is 13.5. The lowest BCUT2D eigenvalue weighted by Gasteiger charge is -2.13. The molecule has 0 heterocycles. The second kappa shape index (κ2) is 6.64. The van der Waals surface area contributed by atoms with Crippen molar-refractivity contribution < 1.29 is 24.5 Å². The Balaban J connectivity index is 3.07. The first-order valence-corrected chi connectivity index (χ1v) is 5.71. The Labute approximate surface area is 105 Å². The molecule has 0 saturated carbocycles. The van der Waals surface area contributed by atoms with Gasteiger partial charge in [0.05, 0.1) is 19.4 Å². The third-order valence-electron chi connectivity index (χ3n) is 2.36. The monoisotopic (exact) mass is 252 g/mol. The number of benzene rings is 1. The first-order valence-electron chi connectivity index (χ1n) is 5.71. The number of carboxylic acids is 2. The highest BCUT2D eigenvalue weighted by molar-refractivity contribution is 5.75. The van der Waals surface area contributed by atoms with Crippen LogP contribution in [-0.2, 0) is 22.4 Å². The smallest absolute Gasteiger partial charge is 0.307 e. The molecule has 98 valence electrons. The molecule has 0 amide bonds. The second-order valence-electron chi connectivity index (χ2n) is 3.88. The van der Waals surface area contributed by atoms with Crippen LogP contribution in [-0.4, -0.2) is 28.8 Å². The summed E-state index contributed by atoms with van der Waals surface area (Å²) >= 11 is 0. The predicted octanol–water partition coefficient (Wildman–Crippen LogP) is 1.73. The van der Waals surface area contributed by atoms with Crippen molar-refractivity contribution >= 4 is 11.9 Å². The van der Waals surface area contributed by atoms with Crippen LogP contribution in [0.1, 0.15) is 24.5 Å². The third kappa shape index (κ3) is 4.08. The second-order valence-corrected chi connectivity index (χ2v) is 3.88. The molecule has 0 aliphatic carbocycles. The van der Waals surface area contributed by atoms with E-state index in [-0.39, 0.29) is 12.8 Å². The Bertz CT molecular complexity index is 439. The molecule has 0 radical (unpaired) electrons. The molecule has 0 aliphatic heterocycles. The minimum absolute atomic E-state index is 0.202. The largest absolute Gasteiger partial charge is 0.493 e. The Morgan fingerprint density at radius 1 is 1.17 bits per heavy atom. The maximum absolute atomic E-state index is 10.8. The standard InChI is InChI=1S/C13H16O5/c1-2-6-18-11-5-3-4-9(7-12(14)15)10(11)8-13(16)17/h3-5H,2,6-8H2,1H3,(H,14,15)(H,16,17). The molecule has 1 aromatic carbocycles. The Morgan fingerprint density at radius 2 is 1.83 bits per heavy atom. The van der Waals surface area contributed by atoms with Crippen LogP contribution in [0.4, 0.5) is 0 Å². The van der Waals surface area contributed by atoms with Crippen molar-refractivity contribution in [3.8, 4) is 5.75 Å². The molecule has 0 saturated heterocycles. The minimum Gasteiger partial charge on any atom is -0.493 e. The van der Waals surface area contributed by atoms with Crippen molar-refractivity contribution in [3.05, 3.63) is 29.3 Å². The summed E-state index contributed by atoms with van der Waals surface area (Å²) in [5.74, 6) is -1.54. The van der Waals surface area contributed by atoms with E-state index in [1.54, 1.807) is 18.2 Å². The zero-order valence-electron chi connectivity index (χ0n) is 10.2. The van der Waals surface area contributed by atoms with Gasteiger partial charge in [0.15, 0.2) is 0 Å². The Morgan fingerprint density at radius 3 is 2.39 bits per heavy atom. The number of carbonyl (C=O) groups is 2. The average Bonchev–Trinajstić information content (AvgIpc) is 2.28. The fraction of sp³-hybridized carbons (Fsp3) is 0.385. The van der Waals surface area contributed by atoms with Gasteiger partial charge in [-0.3, -0.25) is 9.59 Å². The van der Waals surface area contributed by atoms with E-state index in [4.69, 9.17) is 14.9 Å². The summed E-state index contributed by atoms with van der Waals surface area (Å²) < 4.78 is 5.45. The van der Waals surface area contributed by atoms with Gasteiger partial charge in [-0.15, -0.1) is 0 Å². The average molecular weight is 252 g/mol. The SMILES string of the molecule is CCCOc1cccc(CC(=O)O)c1CC(=O)O. The molecule has 0 fully saturated rings. The van der Waals surface area contributed by atoms with Gasteiger partial charge < -0.3 is 14.9 Å². The van der Waals surface area contributed by atoms with Gasteiger partial charge in [-0.1, -0.05) is 19.1 Å². The zero-order valence-corrected chi connectivity index (χ0v) is 10.2. The number of rotatable bonds is 7. The van der Waals surface area contributed by atoms with E-state index in [1.807, 2.05) is 6.92 Å². The highest BCUT2D eigenvalue weighted by Crippen LogP contribution is 2.24. The highest BCUT2D eigenvalue weighted by atomic mass is 16.5. The van der Waals surface area contributed by atoms with Gasteiger partial charge in [-0.25, -0.2) is 0 Å².